The van der Waals surface area contributed by atoms with Gasteiger partial charge in [-0.1, -0.05) is 67.4 Å². The van der Waals surface area contributed by atoms with E-state index in [-0.39, 0.29) is 23.0 Å². The van der Waals surface area contributed by atoms with E-state index in [0.29, 0.717) is 29.3 Å². The van der Waals surface area contributed by atoms with Crippen LogP contribution >= 0.6 is 11.6 Å². The summed E-state index contributed by atoms with van der Waals surface area (Å²) < 4.78 is 34.3. The van der Waals surface area contributed by atoms with Crippen molar-refractivity contribution in [3.8, 4) is 5.75 Å². The van der Waals surface area contributed by atoms with Crippen LogP contribution < -0.4 is 14.4 Å². The number of carbonyl (C=O) groups excluding carboxylic acids is 2. The van der Waals surface area contributed by atoms with Gasteiger partial charge in [-0.15, -0.1) is 0 Å². The summed E-state index contributed by atoms with van der Waals surface area (Å²) in [5.41, 5.74) is 1.81. The SMILES string of the molecule is CCCNC(=O)[C@@H](CC)N(Cc1ccccc1Cl)C(=O)CN(c1cccc(OC)c1)S(=O)(=O)c1ccc(C)cc1. The molecule has 0 aliphatic rings. The summed E-state index contributed by atoms with van der Waals surface area (Å²) in [5, 5.41) is 3.31. The van der Waals surface area contributed by atoms with Crippen LogP contribution in [-0.2, 0) is 26.2 Å². The van der Waals surface area contributed by atoms with Gasteiger partial charge in [0.15, 0.2) is 0 Å². The molecule has 0 spiro atoms. The molecular weight excluding hydrogens is 550 g/mol. The maximum atomic E-state index is 14.1. The molecule has 0 unspecified atom stereocenters. The molecule has 2 amide bonds. The summed E-state index contributed by atoms with van der Waals surface area (Å²) in [5.74, 6) is -0.414. The number of aryl methyl sites for hydroxylation is 1. The molecule has 0 aliphatic carbocycles. The van der Waals surface area contributed by atoms with E-state index in [1.165, 1.54) is 24.1 Å². The molecule has 0 aliphatic heterocycles. The first-order valence-electron chi connectivity index (χ1n) is 13.2. The first-order chi connectivity index (χ1) is 19.1. The third-order valence-electron chi connectivity index (χ3n) is 6.46. The van der Waals surface area contributed by atoms with Crippen LogP contribution in [0.15, 0.2) is 77.7 Å². The van der Waals surface area contributed by atoms with Crippen molar-refractivity contribution in [2.75, 3.05) is 24.5 Å². The number of benzene rings is 3. The van der Waals surface area contributed by atoms with Crippen LogP contribution in [0.4, 0.5) is 5.69 Å². The minimum atomic E-state index is -4.17. The van der Waals surface area contributed by atoms with Crippen LogP contribution in [0.1, 0.15) is 37.8 Å². The number of hydrogen-bond donors (Lipinski definition) is 1. The Kier molecular flexibility index (Phi) is 11.0. The van der Waals surface area contributed by atoms with Crippen LogP contribution in [0.2, 0.25) is 5.02 Å². The zero-order valence-corrected chi connectivity index (χ0v) is 24.8. The van der Waals surface area contributed by atoms with Crippen molar-refractivity contribution in [1.29, 1.82) is 0 Å². The lowest BCUT2D eigenvalue weighted by Gasteiger charge is -2.33. The van der Waals surface area contributed by atoms with Gasteiger partial charge < -0.3 is 15.0 Å². The molecule has 0 radical (unpaired) electrons. The minimum Gasteiger partial charge on any atom is -0.497 e. The Labute approximate surface area is 241 Å². The third-order valence-corrected chi connectivity index (χ3v) is 8.62. The van der Waals surface area contributed by atoms with E-state index in [1.807, 2.05) is 20.8 Å². The number of ether oxygens (including phenoxy) is 1. The van der Waals surface area contributed by atoms with Gasteiger partial charge >= 0.3 is 0 Å². The number of nitrogens with one attached hydrogen (secondary N) is 1. The lowest BCUT2D eigenvalue weighted by molar-refractivity contribution is -0.140. The predicted molar refractivity (Wildman–Crippen MR) is 158 cm³/mol. The number of halogens is 1. The van der Waals surface area contributed by atoms with Gasteiger partial charge in [-0.2, -0.15) is 0 Å². The first kappa shape index (κ1) is 31.0. The third kappa shape index (κ3) is 7.55. The molecule has 3 rings (SSSR count). The standard InChI is InChI=1S/C30H36ClN3O5S/c1-5-18-32-30(36)28(6-2)33(20-23-10-7-8-13-27(23)31)29(35)21-34(24-11-9-12-25(19-24)39-4)40(37,38)26-16-14-22(3)15-17-26/h7-17,19,28H,5-6,18,20-21H2,1-4H3,(H,32,36)/t28-/m1/s1. The Morgan fingerprint density at radius 1 is 1.00 bits per heavy atom. The summed E-state index contributed by atoms with van der Waals surface area (Å²) in [4.78, 5) is 28.7. The molecule has 8 nitrogen and oxygen atoms in total. The van der Waals surface area contributed by atoms with Gasteiger partial charge in [-0.25, -0.2) is 8.42 Å². The highest BCUT2D eigenvalue weighted by Gasteiger charge is 2.34. The molecule has 0 saturated carbocycles. The monoisotopic (exact) mass is 585 g/mol. The maximum absolute atomic E-state index is 14.1. The Balaban J connectivity index is 2.08. The average molecular weight is 586 g/mol. The van der Waals surface area contributed by atoms with Crippen molar-refractivity contribution >= 4 is 39.1 Å². The van der Waals surface area contributed by atoms with Crippen molar-refractivity contribution < 1.29 is 22.7 Å². The zero-order chi connectivity index (χ0) is 29.3. The second-order valence-electron chi connectivity index (χ2n) is 9.35. The Bertz CT molecular complexity index is 1410. The highest BCUT2D eigenvalue weighted by Crippen LogP contribution is 2.28. The van der Waals surface area contributed by atoms with Crippen LogP contribution in [0, 0.1) is 6.92 Å². The molecule has 1 atom stereocenters. The smallest absolute Gasteiger partial charge is 0.264 e. The van der Waals surface area contributed by atoms with Gasteiger partial charge in [0.1, 0.15) is 18.3 Å². The number of methoxy groups -OCH3 is 1. The number of carbonyl (C=O) groups is 2. The summed E-state index contributed by atoms with van der Waals surface area (Å²) in [6.45, 7) is 5.57. The fourth-order valence-electron chi connectivity index (χ4n) is 4.23. The molecule has 1 N–H and O–H groups in total. The second kappa shape index (κ2) is 14.2. The van der Waals surface area contributed by atoms with Crippen LogP contribution in [0.3, 0.4) is 0 Å². The van der Waals surface area contributed by atoms with Gasteiger partial charge in [-0.3, -0.25) is 13.9 Å². The van der Waals surface area contributed by atoms with Gasteiger partial charge in [0.05, 0.1) is 17.7 Å². The zero-order valence-electron chi connectivity index (χ0n) is 23.3. The molecule has 0 aromatic heterocycles. The number of hydrogen-bond acceptors (Lipinski definition) is 5. The number of amides is 2. The van der Waals surface area contributed by atoms with E-state index >= 15 is 0 Å². The molecule has 214 valence electrons. The van der Waals surface area contributed by atoms with E-state index in [2.05, 4.69) is 5.32 Å². The number of nitrogens with zero attached hydrogens (tertiary/aromatic N) is 2. The summed E-state index contributed by atoms with van der Waals surface area (Å²) in [6, 6.07) is 19.2. The molecule has 0 heterocycles. The Hall–Kier alpha value is -3.56. The lowest BCUT2D eigenvalue weighted by Crippen LogP contribution is -2.52. The van der Waals surface area contributed by atoms with Crippen LogP contribution in [0.25, 0.3) is 0 Å². The van der Waals surface area contributed by atoms with Gasteiger partial charge in [-0.05, 0) is 55.7 Å². The van der Waals surface area contributed by atoms with Crippen LogP contribution in [0.5, 0.6) is 5.75 Å². The molecule has 10 heteroatoms. The quantitative estimate of drug-likeness (QED) is 0.298. The highest BCUT2D eigenvalue weighted by atomic mass is 35.5. The molecule has 3 aromatic rings. The van der Waals surface area contributed by atoms with E-state index < -0.39 is 28.5 Å². The lowest BCUT2D eigenvalue weighted by atomic mass is 10.1. The van der Waals surface area contributed by atoms with Gasteiger partial charge in [0, 0.05) is 24.2 Å². The molecule has 3 aromatic carbocycles. The topological polar surface area (TPSA) is 96.0 Å². The van der Waals surface area contributed by atoms with Crippen molar-refractivity contribution in [3.05, 3.63) is 88.9 Å². The van der Waals surface area contributed by atoms with Crippen molar-refractivity contribution in [1.82, 2.24) is 10.2 Å². The van der Waals surface area contributed by atoms with E-state index in [9.17, 15) is 18.0 Å². The number of sulfonamides is 1. The normalized spacial score (nSPS) is 11.9. The average Bonchev–Trinajstić information content (AvgIpc) is 2.95. The van der Waals surface area contributed by atoms with Crippen molar-refractivity contribution in [2.45, 2.75) is 51.1 Å². The van der Waals surface area contributed by atoms with Gasteiger partial charge in [0.2, 0.25) is 11.8 Å². The van der Waals surface area contributed by atoms with E-state index in [0.717, 1.165) is 16.3 Å². The van der Waals surface area contributed by atoms with E-state index in [1.54, 1.807) is 60.7 Å². The highest BCUT2D eigenvalue weighted by molar-refractivity contribution is 7.92. The van der Waals surface area contributed by atoms with Crippen LogP contribution in [-0.4, -0.2) is 51.4 Å². The molecule has 0 saturated heterocycles. The first-order valence-corrected chi connectivity index (χ1v) is 15.0. The molecule has 0 bridgehead atoms. The van der Waals surface area contributed by atoms with Crippen molar-refractivity contribution in [3.63, 3.8) is 0 Å². The molecular formula is C30H36ClN3O5S. The Morgan fingerprint density at radius 3 is 2.33 bits per heavy atom. The summed E-state index contributed by atoms with van der Waals surface area (Å²) in [6.07, 6.45) is 1.06. The fraction of sp³-hybridized carbons (Fsp3) is 0.333. The number of rotatable bonds is 13. The fourth-order valence-corrected chi connectivity index (χ4v) is 5.83. The van der Waals surface area contributed by atoms with Crippen molar-refractivity contribution in [2.24, 2.45) is 0 Å². The Morgan fingerprint density at radius 2 is 1.70 bits per heavy atom. The predicted octanol–water partition coefficient (Wildman–Crippen LogP) is 5.19. The summed E-state index contributed by atoms with van der Waals surface area (Å²) in [7, 11) is -2.69. The second-order valence-corrected chi connectivity index (χ2v) is 11.6. The maximum Gasteiger partial charge on any atom is 0.264 e. The molecule has 40 heavy (non-hydrogen) atoms. The summed E-state index contributed by atoms with van der Waals surface area (Å²) >= 11 is 6.43. The largest absolute Gasteiger partial charge is 0.497 e. The van der Waals surface area contributed by atoms with Gasteiger partial charge in [0.25, 0.3) is 10.0 Å². The van der Waals surface area contributed by atoms with E-state index in [4.69, 9.17) is 16.3 Å². The number of anilines is 1. The molecule has 0 fully saturated rings. The minimum absolute atomic E-state index is 0.0348.